The van der Waals surface area contributed by atoms with Gasteiger partial charge in [-0.3, -0.25) is 9.58 Å². The summed E-state index contributed by atoms with van der Waals surface area (Å²) in [5, 5.41) is 4.19. The third-order valence-corrected chi connectivity index (χ3v) is 5.26. The van der Waals surface area contributed by atoms with Gasteiger partial charge in [0.15, 0.2) is 0 Å². The molecular weight excluding hydrogens is 342 g/mol. The van der Waals surface area contributed by atoms with E-state index in [2.05, 4.69) is 10.1 Å². The number of aliphatic imine (C=N–C) groups is 2. The Labute approximate surface area is 158 Å². The Balaban J connectivity index is 1.69. The van der Waals surface area contributed by atoms with Crippen molar-refractivity contribution in [2.24, 2.45) is 28.5 Å². The van der Waals surface area contributed by atoms with Gasteiger partial charge in [-0.25, -0.2) is 4.99 Å². The highest BCUT2D eigenvalue weighted by molar-refractivity contribution is 6.06. The van der Waals surface area contributed by atoms with Crippen LogP contribution in [0.3, 0.4) is 0 Å². The first kappa shape index (κ1) is 17.4. The molecule has 4 rings (SSSR count). The smallest absolute Gasteiger partial charge is 0.220 e. The van der Waals surface area contributed by atoms with E-state index >= 15 is 0 Å². The van der Waals surface area contributed by atoms with Gasteiger partial charge in [-0.1, -0.05) is 18.6 Å². The van der Waals surface area contributed by atoms with Crippen LogP contribution >= 0.6 is 0 Å². The van der Waals surface area contributed by atoms with Gasteiger partial charge in [-0.05, 0) is 43.9 Å². The third-order valence-electron chi connectivity index (χ3n) is 5.26. The Bertz CT molecular complexity index is 880. The number of anilines is 1. The van der Waals surface area contributed by atoms with Crippen LogP contribution in [0.1, 0.15) is 37.8 Å². The molecule has 1 spiro atoms. The van der Waals surface area contributed by atoms with Crippen molar-refractivity contribution < 1.29 is 4.74 Å². The number of guanidine groups is 2. The van der Waals surface area contributed by atoms with Gasteiger partial charge in [0.05, 0.1) is 11.4 Å². The number of ether oxygens (including phenoxy) is 1. The maximum Gasteiger partial charge on any atom is 0.220 e. The van der Waals surface area contributed by atoms with Crippen LogP contribution < -0.4 is 21.1 Å². The molecule has 1 aromatic heterocycles. The monoisotopic (exact) mass is 367 g/mol. The molecule has 0 unspecified atom stereocenters. The summed E-state index contributed by atoms with van der Waals surface area (Å²) in [4.78, 5) is 11.0. The lowest BCUT2D eigenvalue weighted by molar-refractivity contribution is 0.284. The van der Waals surface area contributed by atoms with E-state index in [0.717, 1.165) is 42.8 Å². The fourth-order valence-electron chi connectivity index (χ4n) is 3.93. The van der Waals surface area contributed by atoms with Crippen LogP contribution in [0.15, 0.2) is 46.5 Å². The minimum atomic E-state index is -0.486. The van der Waals surface area contributed by atoms with Crippen molar-refractivity contribution in [2.45, 2.75) is 44.4 Å². The topological polar surface area (TPSA) is 107 Å². The summed E-state index contributed by atoms with van der Waals surface area (Å²) in [5.74, 6) is 1.34. The second-order valence-electron chi connectivity index (χ2n) is 7.02. The molecule has 1 aliphatic heterocycles. The fraction of sp³-hybridized carbons (Fsp3) is 0.421. The van der Waals surface area contributed by atoms with Crippen LogP contribution in [-0.2, 0) is 13.7 Å². The molecule has 27 heavy (non-hydrogen) atoms. The number of para-hydroxylation sites is 2. The van der Waals surface area contributed by atoms with Crippen molar-refractivity contribution in [3.8, 4) is 5.75 Å². The first-order valence-electron chi connectivity index (χ1n) is 9.27. The minimum Gasteiger partial charge on any atom is -0.485 e. The highest BCUT2D eigenvalue weighted by Gasteiger charge is 2.43. The predicted molar refractivity (Wildman–Crippen MR) is 106 cm³/mol. The SMILES string of the molecule is Cn1nccc1COc1ccccc1N1C(N)=NC(N)=NC12CCCCC2. The zero-order valence-electron chi connectivity index (χ0n) is 15.5. The van der Waals surface area contributed by atoms with Gasteiger partial charge in [0.2, 0.25) is 11.9 Å². The van der Waals surface area contributed by atoms with Gasteiger partial charge in [0.25, 0.3) is 0 Å². The zero-order chi connectivity index (χ0) is 18.9. The summed E-state index contributed by atoms with van der Waals surface area (Å²) < 4.78 is 7.93. The lowest BCUT2D eigenvalue weighted by Gasteiger charge is -2.45. The molecule has 1 saturated carbocycles. The van der Waals surface area contributed by atoms with Gasteiger partial charge in [-0.15, -0.1) is 0 Å². The number of aryl methyl sites for hydroxylation is 1. The normalized spacial score (nSPS) is 18.9. The van der Waals surface area contributed by atoms with Gasteiger partial charge >= 0.3 is 0 Å². The molecule has 4 N–H and O–H groups in total. The Kier molecular flexibility index (Phi) is 4.47. The summed E-state index contributed by atoms with van der Waals surface area (Å²) in [6, 6.07) is 9.79. The predicted octanol–water partition coefficient (Wildman–Crippen LogP) is 2.11. The maximum atomic E-state index is 6.34. The second kappa shape index (κ2) is 6.94. The van der Waals surface area contributed by atoms with Crippen molar-refractivity contribution in [3.05, 3.63) is 42.2 Å². The van der Waals surface area contributed by atoms with E-state index in [0.29, 0.717) is 12.6 Å². The van der Waals surface area contributed by atoms with Crippen LogP contribution in [0, 0.1) is 0 Å². The maximum absolute atomic E-state index is 6.34. The number of aromatic nitrogens is 2. The van der Waals surface area contributed by atoms with Crippen molar-refractivity contribution in [1.29, 1.82) is 0 Å². The Morgan fingerprint density at radius 1 is 1.11 bits per heavy atom. The molecular formula is C19H25N7O. The molecule has 142 valence electrons. The van der Waals surface area contributed by atoms with Crippen molar-refractivity contribution in [3.63, 3.8) is 0 Å². The van der Waals surface area contributed by atoms with Gasteiger partial charge < -0.3 is 16.2 Å². The van der Waals surface area contributed by atoms with E-state index in [9.17, 15) is 0 Å². The lowest BCUT2D eigenvalue weighted by Crippen LogP contribution is -2.58. The van der Waals surface area contributed by atoms with Crippen molar-refractivity contribution in [1.82, 2.24) is 9.78 Å². The number of benzene rings is 1. The molecule has 2 heterocycles. The number of hydrogen-bond acceptors (Lipinski definition) is 7. The third kappa shape index (κ3) is 3.22. The van der Waals surface area contributed by atoms with E-state index in [1.165, 1.54) is 6.42 Å². The Morgan fingerprint density at radius 3 is 2.63 bits per heavy atom. The number of rotatable bonds is 4. The largest absolute Gasteiger partial charge is 0.485 e. The summed E-state index contributed by atoms with van der Waals surface area (Å²) in [6.45, 7) is 0.413. The van der Waals surface area contributed by atoms with Gasteiger partial charge in [0.1, 0.15) is 18.0 Å². The standard InChI is InChI=1S/C19H25N7O/c1-25-14(9-12-22-25)13-27-16-8-4-3-7-15(16)26-18(21)23-17(20)24-19(26)10-5-2-6-11-19/h3-4,7-9,12H,2,5-6,10-11,13H2,1H3,(H4,20,21,23,24). The van der Waals surface area contributed by atoms with Crippen LogP contribution in [0.5, 0.6) is 5.75 Å². The first-order valence-corrected chi connectivity index (χ1v) is 9.27. The number of hydrogen-bond donors (Lipinski definition) is 2. The summed E-state index contributed by atoms with van der Waals surface area (Å²) in [7, 11) is 1.90. The average Bonchev–Trinajstić information content (AvgIpc) is 3.06. The highest BCUT2D eigenvalue weighted by Crippen LogP contribution is 2.42. The van der Waals surface area contributed by atoms with E-state index in [1.54, 1.807) is 10.9 Å². The molecule has 0 saturated heterocycles. The van der Waals surface area contributed by atoms with Crippen LogP contribution in [-0.4, -0.2) is 27.4 Å². The van der Waals surface area contributed by atoms with Crippen LogP contribution in [0.25, 0.3) is 0 Å². The van der Waals surface area contributed by atoms with E-state index < -0.39 is 5.66 Å². The molecule has 0 bridgehead atoms. The molecule has 1 fully saturated rings. The van der Waals surface area contributed by atoms with E-state index in [-0.39, 0.29) is 5.96 Å². The quantitative estimate of drug-likeness (QED) is 0.861. The zero-order valence-corrected chi connectivity index (χ0v) is 15.5. The number of nitrogens with two attached hydrogens (primary N) is 2. The molecule has 1 aliphatic carbocycles. The highest BCUT2D eigenvalue weighted by atomic mass is 16.5. The average molecular weight is 367 g/mol. The van der Waals surface area contributed by atoms with Crippen molar-refractivity contribution >= 4 is 17.6 Å². The Morgan fingerprint density at radius 2 is 1.89 bits per heavy atom. The number of nitrogens with zero attached hydrogens (tertiary/aromatic N) is 5. The summed E-state index contributed by atoms with van der Waals surface area (Å²) >= 11 is 0. The van der Waals surface area contributed by atoms with Gasteiger partial charge in [0, 0.05) is 13.2 Å². The van der Waals surface area contributed by atoms with Crippen molar-refractivity contribution in [2.75, 3.05) is 4.90 Å². The molecule has 0 atom stereocenters. The first-order chi connectivity index (χ1) is 13.1. The van der Waals surface area contributed by atoms with Gasteiger partial charge in [-0.2, -0.15) is 10.1 Å². The second-order valence-corrected chi connectivity index (χ2v) is 7.02. The molecule has 8 nitrogen and oxygen atoms in total. The molecule has 8 heteroatoms. The fourth-order valence-corrected chi connectivity index (χ4v) is 3.93. The molecule has 2 aliphatic rings. The molecule has 0 radical (unpaired) electrons. The summed E-state index contributed by atoms with van der Waals surface area (Å²) in [5.41, 5.74) is 13.7. The molecule has 1 aromatic carbocycles. The molecule has 2 aromatic rings. The minimum absolute atomic E-state index is 0.249. The van der Waals surface area contributed by atoms with Crippen LogP contribution in [0.4, 0.5) is 5.69 Å². The molecule has 0 amide bonds. The van der Waals surface area contributed by atoms with E-state index in [1.807, 2.05) is 42.3 Å². The van der Waals surface area contributed by atoms with E-state index in [4.69, 9.17) is 21.2 Å². The Hall–Kier alpha value is -3.03. The lowest BCUT2D eigenvalue weighted by atomic mass is 9.87. The summed E-state index contributed by atoms with van der Waals surface area (Å²) in [6.07, 6.45) is 6.90. The van der Waals surface area contributed by atoms with Crippen LogP contribution in [0.2, 0.25) is 0 Å².